The van der Waals surface area contributed by atoms with Crippen LogP contribution in [0.2, 0.25) is 0 Å². The lowest BCUT2D eigenvalue weighted by molar-refractivity contribution is 0.0939. The van der Waals surface area contributed by atoms with E-state index in [2.05, 4.69) is 38.3 Å². The van der Waals surface area contributed by atoms with E-state index in [9.17, 15) is 9.59 Å². The van der Waals surface area contributed by atoms with Gasteiger partial charge in [-0.05, 0) is 37.1 Å². The molecule has 0 aliphatic heterocycles. The number of anilines is 1. The van der Waals surface area contributed by atoms with Crippen molar-refractivity contribution in [1.82, 2.24) is 39.2 Å². The maximum atomic E-state index is 14.2. The van der Waals surface area contributed by atoms with Crippen LogP contribution < -0.4 is 16.6 Å². The van der Waals surface area contributed by atoms with E-state index in [-0.39, 0.29) is 56.7 Å². The molecule has 210 valence electrons. The minimum atomic E-state index is -0.853. The summed E-state index contributed by atoms with van der Waals surface area (Å²) in [7, 11) is 26.0. The van der Waals surface area contributed by atoms with Crippen molar-refractivity contribution in [3.63, 3.8) is 0 Å². The molecule has 1 amide bonds. The molecule has 3 N–H and O–H groups in total. The van der Waals surface area contributed by atoms with Crippen molar-refractivity contribution in [3.8, 4) is 24.2 Å². The fourth-order valence-corrected chi connectivity index (χ4v) is 4.59. The zero-order valence-electron chi connectivity index (χ0n) is 24.3. The molecule has 8 radical (unpaired) electrons. The number of benzene rings is 1. The number of aromatic nitrogens is 7. The Kier molecular flexibility index (Phi) is 8.55. The monoisotopic (exact) mass is 583 g/mol. The highest BCUT2D eigenvalue weighted by molar-refractivity contribution is 6.44. The van der Waals surface area contributed by atoms with Gasteiger partial charge in [0.2, 0.25) is 0 Å². The number of hydrogen-bond donors (Lipinski definition) is 2. The number of fused-ring (bicyclic) bond motifs is 2. The summed E-state index contributed by atoms with van der Waals surface area (Å²) in [6.07, 6.45) is 10.2. The highest BCUT2D eigenvalue weighted by Gasteiger charge is 2.24. The lowest BCUT2D eigenvalue weighted by Gasteiger charge is -2.21. The maximum Gasteiger partial charge on any atom is 0.262 e. The summed E-state index contributed by atoms with van der Waals surface area (Å²) in [4.78, 5) is 36.6. The van der Waals surface area contributed by atoms with E-state index in [0.29, 0.717) is 16.8 Å². The average Bonchev–Trinajstić information content (AvgIpc) is 3.60. The van der Waals surface area contributed by atoms with E-state index in [4.69, 9.17) is 48.5 Å². The summed E-state index contributed by atoms with van der Waals surface area (Å²) in [5.41, 5.74) is 6.79. The molecular weight excluding hydrogens is 562 g/mol. The summed E-state index contributed by atoms with van der Waals surface area (Å²) in [5.74, 6) is 7.73. The summed E-state index contributed by atoms with van der Waals surface area (Å²) < 4.78 is 4.28. The first-order valence-corrected chi connectivity index (χ1v) is 13.4. The van der Waals surface area contributed by atoms with Gasteiger partial charge in [0.15, 0.2) is 11.5 Å². The van der Waals surface area contributed by atoms with Gasteiger partial charge in [-0.1, -0.05) is 23.4 Å². The maximum absolute atomic E-state index is 14.2. The first-order valence-electron chi connectivity index (χ1n) is 13.4. The second-order valence-electron chi connectivity index (χ2n) is 9.94. The average molecular weight is 583 g/mol. The molecule has 0 spiro atoms. The number of carbonyl (C=O) groups is 1. The Morgan fingerprint density at radius 1 is 1.09 bits per heavy atom. The predicted octanol–water partition coefficient (Wildman–Crippen LogP) is 0.376. The number of terminal acetylenes is 1. The number of hydrogen-bond acceptors (Lipinski definition) is 7. The first kappa shape index (κ1) is 30.8. The number of allylic oxidation sites excluding steroid dienone is 4. The quantitative estimate of drug-likeness (QED) is 0.168. The molecule has 0 aliphatic rings. The van der Waals surface area contributed by atoms with Gasteiger partial charge in [-0.15, -0.1) is 27.9 Å². The molecule has 0 aliphatic carbocycles. The third-order valence-electron chi connectivity index (χ3n) is 6.85. The van der Waals surface area contributed by atoms with Crippen LogP contribution in [0.1, 0.15) is 40.4 Å². The molecule has 11 nitrogen and oxygen atoms in total. The zero-order chi connectivity index (χ0) is 32.4. The van der Waals surface area contributed by atoms with Crippen molar-refractivity contribution >= 4 is 59.7 Å². The number of nitrogens with two attached hydrogens (primary N) is 1. The van der Waals surface area contributed by atoms with Crippen LogP contribution in [0.5, 0.6) is 0 Å². The molecule has 0 saturated carbocycles. The Labute approximate surface area is 263 Å². The molecule has 0 fully saturated rings. The molecule has 45 heavy (non-hydrogen) atoms. The number of nitrogens with one attached hydrogen (secondary N) is 1. The largest absolute Gasteiger partial charge is 0.381 e. The molecular formula is C30H21B4N9O2. The van der Waals surface area contributed by atoms with Crippen LogP contribution >= 0.6 is 0 Å². The Morgan fingerprint density at radius 3 is 2.58 bits per heavy atom. The molecule has 1 atom stereocenters. The van der Waals surface area contributed by atoms with E-state index >= 15 is 0 Å². The molecule has 0 bridgehead atoms. The van der Waals surface area contributed by atoms with Gasteiger partial charge in [-0.25, -0.2) is 14.5 Å². The van der Waals surface area contributed by atoms with Crippen molar-refractivity contribution in [1.29, 1.82) is 0 Å². The highest BCUT2D eigenvalue weighted by atomic mass is 16.2. The molecule has 1 aromatic carbocycles. The Hall–Kier alpha value is -5.68. The van der Waals surface area contributed by atoms with Gasteiger partial charge in [0.1, 0.15) is 48.5 Å². The molecule has 0 unspecified atom stereocenters. The molecule has 15 heteroatoms. The van der Waals surface area contributed by atoms with Crippen molar-refractivity contribution in [3.05, 3.63) is 104 Å². The number of amides is 1. The molecule has 5 aromatic rings. The fourth-order valence-electron chi connectivity index (χ4n) is 4.59. The molecule has 0 saturated heterocycles. The van der Waals surface area contributed by atoms with Gasteiger partial charge in [0.05, 0.1) is 16.9 Å². The van der Waals surface area contributed by atoms with Crippen molar-refractivity contribution in [2.24, 2.45) is 7.05 Å². The Bertz CT molecular complexity index is 2230. The fraction of sp³-hybridized carbons (Fsp3) is 0.133. The zero-order valence-corrected chi connectivity index (χ0v) is 24.3. The first-order chi connectivity index (χ1) is 21.5. The van der Waals surface area contributed by atoms with Gasteiger partial charge in [-0.2, -0.15) is 5.10 Å². The van der Waals surface area contributed by atoms with Crippen molar-refractivity contribution in [2.45, 2.75) is 19.5 Å². The van der Waals surface area contributed by atoms with Crippen LogP contribution in [0.3, 0.4) is 0 Å². The Balaban J connectivity index is 1.65. The molecule has 4 heterocycles. The van der Waals surface area contributed by atoms with Crippen molar-refractivity contribution < 1.29 is 4.79 Å². The topological polar surface area (TPSA) is 138 Å². The van der Waals surface area contributed by atoms with E-state index in [1.165, 1.54) is 15.3 Å². The Morgan fingerprint density at radius 2 is 1.87 bits per heavy atom. The minimum Gasteiger partial charge on any atom is -0.381 e. The lowest BCUT2D eigenvalue weighted by atomic mass is 9.66. The summed E-state index contributed by atoms with van der Waals surface area (Å²) in [5, 5.41) is 11.5. The van der Waals surface area contributed by atoms with Gasteiger partial charge in [0.25, 0.3) is 11.5 Å². The molecule has 4 aromatic heterocycles. The second-order valence-corrected chi connectivity index (χ2v) is 9.94. The number of aryl methyl sites for hydroxylation is 1. The number of nitrogen functional groups attached to an aromatic ring is 1. The van der Waals surface area contributed by atoms with Crippen LogP contribution in [0.25, 0.3) is 16.6 Å². The lowest BCUT2D eigenvalue weighted by Crippen LogP contribution is -2.35. The summed E-state index contributed by atoms with van der Waals surface area (Å²) in [6, 6.07) is 7.63. The highest BCUT2D eigenvalue weighted by Crippen LogP contribution is 2.21. The SMILES string of the molecule is [B]/C(C#C)=C([B])/C([B])=C(/[B])Cn1c([C@H](C)NC(=O)c2c(N)nn3cccnc23)nc2cccc(C#Cc3ccn(C)n3)c2c1=O. The van der Waals surface area contributed by atoms with Gasteiger partial charge >= 0.3 is 0 Å². The minimum absolute atomic E-state index is 0.0122. The standard InChI is InChI=1S/C30H21B4N9O2/c1-4-19(31)24(33)25(34)20(32)15-42-27(16(2)37-29(44)23-26(35)40-43-13-6-12-36-28(23)43)38-21-8-5-7-17(22(21)30(42)45)9-10-18-11-14-41(3)39-18/h1,5-8,11-14,16H,15H2,2-3H3,(H2,35,40)(H,37,44)/b24-19-,25-20-/t16-/m0/s1. The summed E-state index contributed by atoms with van der Waals surface area (Å²) in [6.45, 7) is 1.38. The van der Waals surface area contributed by atoms with Gasteiger partial charge in [-0.3, -0.25) is 18.8 Å². The number of nitrogens with zero attached hydrogens (tertiary/aromatic N) is 7. The second kappa shape index (κ2) is 12.5. The smallest absolute Gasteiger partial charge is 0.262 e. The number of rotatable bonds is 6. The van der Waals surface area contributed by atoms with Crippen molar-refractivity contribution in [2.75, 3.05) is 5.73 Å². The molecule has 5 rings (SSSR count). The third kappa shape index (κ3) is 6.06. The van der Waals surface area contributed by atoms with Crippen LogP contribution in [-0.2, 0) is 13.6 Å². The van der Waals surface area contributed by atoms with Gasteiger partial charge in [0, 0.05) is 37.7 Å². The van der Waals surface area contributed by atoms with Crippen LogP contribution in [0, 0.1) is 24.2 Å². The van der Waals surface area contributed by atoms with Crippen LogP contribution in [-0.4, -0.2) is 71.2 Å². The van der Waals surface area contributed by atoms with Crippen LogP contribution in [0.15, 0.2) is 75.6 Å². The van der Waals surface area contributed by atoms with E-state index in [1.807, 2.05) is 0 Å². The van der Waals surface area contributed by atoms with E-state index in [0.717, 1.165) is 0 Å². The van der Waals surface area contributed by atoms with E-state index < -0.39 is 17.5 Å². The normalized spacial score (nSPS) is 12.9. The number of carbonyl (C=O) groups excluding carboxylic acids is 1. The van der Waals surface area contributed by atoms with E-state index in [1.54, 1.807) is 61.4 Å². The third-order valence-corrected chi connectivity index (χ3v) is 6.85. The van der Waals surface area contributed by atoms with Crippen LogP contribution in [0.4, 0.5) is 5.82 Å². The summed E-state index contributed by atoms with van der Waals surface area (Å²) >= 11 is 0. The van der Waals surface area contributed by atoms with Gasteiger partial charge < -0.3 is 11.1 Å². The predicted molar refractivity (Wildman–Crippen MR) is 174 cm³/mol.